The zero-order valence-corrected chi connectivity index (χ0v) is 16.5. The van der Waals surface area contributed by atoms with Crippen LogP contribution in [-0.4, -0.2) is 13.2 Å². The molecule has 0 bridgehead atoms. The summed E-state index contributed by atoms with van der Waals surface area (Å²) < 4.78 is 22.6. The number of hydrogen-bond acceptors (Lipinski definition) is 5. The van der Waals surface area contributed by atoms with Crippen LogP contribution in [0.2, 0.25) is 0 Å². The maximum atomic E-state index is 11.5. The van der Waals surface area contributed by atoms with Crippen LogP contribution in [0.4, 0.5) is 0 Å². The molecule has 0 unspecified atom stereocenters. The average Bonchev–Trinajstić information content (AvgIpc) is 3.21. The Bertz CT molecular complexity index is 1140. The number of rotatable bonds is 9. The zero-order chi connectivity index (χ0) is 20.1. The molecule has 0 aliphatic carbocycles. The van der Waals surface area contributed by atoms with Gasteiger partial charge in [0, 0.05) is 12.1 Å². The van der Waals surface area contributed by atoms with Crippen LogP contribution in [0.3, 0.4) is 0 Å². The Hall–Kier alpha value is -3.21. The molecule has 0 atom stereocenters. The highest BCUT2D eigenvalue weighted by atomic mass is 16.5. The van der Waals surface area contributed by atoms with Gasteiger partial charge in [-0.2, -0.15) is 0 Å². The van der Waals surface area contributed by atoms with Crippen molar-refractivity contribution in [1.82, 2.24) is 0 Å². The Morgan fingerprint density at radius 3 is 2.38 bits per heavy atom. The normalized spacial score (nSPS) is 11.2. The molecule has 5 nitrogen and oxygen atoms in total. The summed E-state index contributed by atoms with van der Waals surface area (Å²) in [6.07, 6.45) is 5.52. The van der Waals surface area contributed by atoms with Crippen molar-refractivity contribution in [2.24, 2.45) is 0 Å². The second kappa shape index (κ2) is 8.86. The van der Waals surface area contributed by atoms with Gasteiger partial charge < -0.3 is 18.3 Å². The maximum Gasteiger partial charge on any atom is 0.336 e. The Morgan fingerprint density at radius 1 is 0.828 bits per heavy atom. The summed E-state index contributed by atoms with van der Waals surface area (Å²) in [4.78, 5) is 11.5. The molecule has 4 rings (SSSR count). The molecular weight excluding hydrogens is 368 g/mol. The number of benzene rings is 2. The van der Waals surface area contributed by atoms with Gasteiger partial charge in [-0.1, -0.05) is 19.1 Å². The Balaban J connectivity index is 1.29. The third-order valence-electron chi connectivity index (χ3n) is 4.94. The predicted octanol–water partition coefficient (Wildman–Crippen LogP) is 5.73. The van der Waals surface area contributed by atoms with E-state index in [0.717, 1.165) is 42.2 Å². The Labute approximate surface area is 168 Å². The van der Waals surface area contributed by atoms with E-state index in [9.17, 15) is 4.79 Å². The minimum absolute atomic E-state index is 0.390. The van der Waals surface area contributed by atoms with Crippen molar-refractivity contribution in [3.05, 3.63) is 70.8 Å². The lowest BCUT2D eigenvalue weighted by Gasteiger charge is -2.10. The molecular formula is C24H24O5. The quantitative estimate of drug-likeness (QED) is 0.269. The van der Waals surface area contributed by atoms with Gasteiger partial charge in [-0.05, 0) is 55.5 Å². The lowest BCUT2D eigenvalue weighted by molar-refractivity contribution is 0.282. The summed E-state index contributed by atoms with van der Waals surface area (Å²) in [6.45, 7) is 3.41. The van der Waals surface area contributed by atoms with Crippen molar-refractivity contribution in [3.8, 4) is 11.5 Å². The molecule has 2 aromatic carbocycles. The standard InChI is InChI=1S/C24H24O5/c1-2-17-6-8-18(9-7-17)26-13-4-3-5-14-28-24-19-10-11-23(25)29-22(19)16-21-20(24)12-15-27-21/h6-12,15-16H,2-5,13-14H2,1H3. The van der Waals surface area contributed by atoms with Gasteiger partial charge in [0.2, 0.25) is 0 Å². The van der Waals surface area contributed by atoms with Crippen LogP contribution >= 0.6 is 0 Å². The van der Waals surface area contributed by atoms with Crippen molar-refractivity contribution >= 4 is 21.9 Å². The first-order valence-electron chi connectivity index (χ1n) is 10.0. The number of hydrogen-bond donors (Lipinski definition) is 0. The second-order valence-corrected chi connectivity index (χ2v) is 6.96. The molecule has 29 heavy (non-hydrogen) atoms. The highest BCUT2D eigenvalue weighted by molar-refractivity contribution is 6.01. The lowest BCUT2D eigenvalue weighted by atomic mass is 10.1. The molecule has 0 radical (unpaired) electrons. The summed E-state index contributed by atoms with van der Waals surface area (Å²) in [5, 5.41) is 1.66. The van der Waals surface area contributed by atoms with Gasteiger partial charge in [-0.15, -0.1) is 0 Å². The number of ether oxygens (including phenoxy) is 2. The highest BCUT2D eigenvalue weighted by Gasteiger charge is 2.13. The number of furan rings is 1. The SMILES string of the molecule is CCc1ccc(OCCCCCOc2c3ccoc3cc3oc(=O)ccc23)cc1. The first kappa shape index (κ1) is 19.1. The number of unbranched alkanes of at least 4 members (excludes halogenated alkanes) is 2. The van der Waals surface area contributed by atoms with Gasteiger partial charge in [0.05, 0.1) is 30.2 Å². The van der Waals surface area contributed by atoms with Crippen LogP contribution in [0.15, 0.2) is 68.4 Å². The molecule has 2 heterocycles. The first-order valence-corrected chi connectivity index (χ1v) is 10.0. The van der Waals surface area contributed by atoms with Gasteiger partial charge in [0.15, 0.2) is 0 Å². The molecule has 2 aromatic heterocycles. The maximum absolute atomic E-state index is 11.5. The summed E-state index contributed by atoms with van der Waals surface area (Å²) in [5.41, 5.74) is 2.04. The summed E-state index contributed by atoms with van der Waals surface area (Å²) in [7, 11) is 0. The van der Waals surface area contributed by atoms with E-state index in [4.69, 9.17) is 18.3 Å². The average molecular weight is 392 g/mol. The van der Waals surface area contributed by atoms with Crippen molar-refractivity contribution in [1.29, 1.82) is 0 Å². The van der Waals surface area contributed by atoms with Gasteiger partial charge >= 0.3 is 5.63 Å². The van der Waals surface area contributed by atoms with Crippen LogP contribution in [0.1, 0.15) is 31.7 Å². The van der Waals surface area contributed by atoms with Crippen LogP contribution in [-0.2, 0) is 6.42 Å². The summed E-state index contributed by atoms with van der Waals surface area (Å²) in [5.74, 6) is 1.61. The molecule has 0 saturated carbocycles. The molecule has 0 amide bonds. The molecule has 4 aromatic rings. The molecule has 0 aliphatic rings. The van der Waals surface area contributed by atoms with Crippen LogP contribution in [0.5, 0.6) is 11.5 Å². The largest absolute Gasteiger partial charge is 0.494 e. The van der Waals surface area contributed by atoms with E-state index in [0.29, 0.717) is 30.1 Å². The molecule has 0 fully saturated rings. The zero-order valence-electron chi connectivity index (χ0n) is 16.5. The molecule has 0 spiro atoms. The second-order valence-electron chi connectivity index (χ2n) is 6.96. The summed E-state index contributed by atoms with van der Waals surface area (Å²) >= 11 is 0. The van der Waals surface area contributed by atoms with E-state index in [1.165, 1.54) is 11.6 Å². The van der Waals surface area contributed by atoms with Gasteiger partial charge in [-0.3, -0.25) is 0 Å². The van der Waals surface area contributed by atoms with Crippen LogP contribution < -0.4 is 15.1 Å². The number of fused-ring (bicyclic) bond motifs is 2. The third kappa shape index (κ3) is 4.45. The predicted molar refractivity (Wildman–Crippen MR) is 113 cm³/mol. The smallest absolute Gasteiger partial charge is 0.336 e. The fourth-order valence-corrected chi connectivity index (χ4v) is 3.33. The number of aryl methyl sites for hydroxylation is 1. The fourth-order valence-electron chi connectivity index (χ4n) is 3.33. The van der Waals surface area contributed by atoms with Gasteiger partial charge in [0.1, 0.15) is 22.7 Å². The van der Waals surface area contributed by atoms with Crippen LogP contribution in [0, 0.1) is 0 Å². The molecule has 150 valence electrons. The van der Waals surface area contributed by atoms with Gasteiger partial charge in [0.25, 0.3) is 0 Å². The van der Waals surface area contributed by atoms with E-state index in [2.05, 4.69) is 19.1 Å². The van der Waals surface area contributed by atoms with E-state index >= 15 is 0 Å². The minimum Gasteiger partial charge on any atom is -0.494 e. The van der Waals surface area contributed by atoms with E-state index in [-0.39, 0.29) is 0 Å². The van der Waals surface area contributed by atoms with Crippen molar-refractivity contribution < 1.29 is 18.3 Å². The highest BCUT2D eigenvalue weighted by Crippen LogP contribution is 2.35. The van der Waals surface area contributed by atoms with E-state index in [1.807, 2.05) is 18.2 Å². The lowest BCUT2D eigenvalue weighted by Crippen LogP contribution is -2.02. The van der Waals surface area contributed by atoms with Crippen molar-refractivity contribution in [3.63, 3.8) is 0 Å². The molecule has 0 N–H and O–H groups in total. The van der Waals surface area contributed by atoms with Gasteiger partial charge in [-0.25, -0.2) is 4.79 Å². The fraction of sp³-hybridized carbons (Fsp3) is 0.292. The molecule has 0 saturated heterocycles. The van der Waals surface area contributed by atoms with Crippen molar-refractivity contribution in [2.45, 2.75) is 32.6 Å². The first-order chi connectivity index (χ1) is 14.2. The third-order valence-corrected chi connectivity index (χ3v) is 4.94. The topological polar surface area (TPSA) is 61.8 Å². The molecule has 0 aliphatic heterocycles. The monoisotopic (exact) mass is 392 g/mol. The van der Waals surface area contributed by atoms with E-state index < -0.39 is 5.63 Å². The minimum atomic E-state index is -0.390. The Morgan fingerprint density at radius 2 is 1.59 bits per heavy atom. The Kier molecular flexibility index (Phi) is 5.84. The van der Waals surface area contributed by atoms with E-state index in [1.54, 1.807) is 18.4 Å². The van der Waals surface area contributed by atoms with Crippen LogP contribution in [0.25, 0.3) is 21.9 Å². The summed E-state index contributed by atoms with van der Waals surface area (Å²) in [6, 6.07) is 15.0. The molecule has 5 heteroatoms. The van der Waals surface area contributed by atoms with Crippen molar-refractivity contribution in [2.75, 3.05) is 13.2 Å².